The molecule has 0 aromatic heterocycles. The number of hydrogen-bond donors (Lipinski definition) is 4. The number of benzene rings is 1. The zero-order chi connectivity index (χ0) is 27.1. The van der Waals surface area contributed by atoms with Gasteiger partial charge in [-0.1, -0.05) is 64.2 Å². The highest BCUT2D eigenvalue weighted by atomic mass is 16.6. The predicted molar refractivity (Wildman–Crippen MR) is 139 cm³/mol. The van der Waals surface area contributed by atoms with Crippen LogP contribution in [0, 0.1) is 0 Å². The minimum absolute atomic E-state index is 0.113. The van der Waals surface area contributed by atoms with Gasteiger partial charge in [-0.2, -0.15) is 0 Å². The molecule has 9 nitrogen and oxygen atoms in total. The van der Waals surface area contributed by atoms with Crippen molar-refractivity contribution in [1.29, 1.82) is 0 Å². The number of carbonyl (C=O) groups excluding carboxylic acids is 3. The number of rotatable bonds is 15. The predicted octanol–water partition coefficient (Wildman–Crippen LogP) is 4.03. The molecule has 204 valence electrons. The van der Waals surface area contributed by atoms with E-state index in [0.717, 1.165) is 38.5 Å². The molecule has 0 aliphatic carbocycles. The van der Waals surface area contributed by atoms with Crippen LogP contribution in [0.25, 0.3) is 0 Å². The van der Waals surface area contributed by atoms with E-state index in [-0.39, 0.29) is 17.9 Å². The summed E-state index contributed by atoms with van der Waals surface area (Å²) in [6.45, 7) is 9.17. The summed E-state index contributed by atoms with van der Waals surface area (Å²) in [5.41, 5.74) is -0.508. The number of nitrogens with one attached hydrogen (secondary N) is 2. The minimum atomic E-state index is -1.31. The molecule has 0 saturated heterocycles. The van der Waals surface area contributed by atoms with Crippen molar-refractivity contribution in [2.45, 2.75) is 97.2 Å². The molecule has 0 saturated carbocycles. The first-order chi connectivity index (χ1) is 17.1. The summed E-state index contributed by atoms with van der Waals surface area (Å²) in [7, 11) is 0. The van der Waals surface area contributed by atoms with Crippen LogP contribution in [0.1, 0.15) is 91.2 Å². The largest absolute Gasteiger partial charge is 0.508 e. The van der Waals surface area contributed by atoms with E-state index in [4.69, 9.17) is 4.74 Å². The molecule has 3 amide bonds. The Morgan fingerprint density at radius 2 is 1.64 bits per heavy atom. The SMILES string of the molecule is CCCCCCCN(C(=O)C(CO)NC(=O)OC(C)(C)C)C(C(=O)NCCCC)c1ccccc1O. The fourth-order valence-electron chi connectivity index (χ4n) is 3.74. The fourth-order valence-corrected chi connectivity index (χ4v) is 3.74. The Kier molecular flexibility index (Phi) is 13.9. The lowest BCUT2D eigenvalue weighted by Gasteiger charge is -2.34. The molecule has 0 fully saturated rings. The van der Waals surface area contributed by atoms with Crippen molar-refractivity contribution in [2.75, 3.05) is 19.7 Å². The highest BCUT2D eigenvalue weighted by Gasteiger charge is 2.36. The molecule has 0 bridgehead atoms. The van der Waals surface area contributed by atoms with Gasteiger partial charge in [0.25, 0.3) is 0 Å². The Morgan fingerprint density at radius 3 is 2.22 bits per heavy atom. The van der Waals surface area contributed by atoms with Crippen LogP contribution < -0.4 is 10.6 Å². The molecule has 0 radical (unpaired) electrons. The van der Waals surface area contributed by atoms with Crippen LogP contribution in [0.2, 0.25) is 0 Å². The number of ether oxygens (including phenoxy) is 1. The lowest BCUT2D eigenvalue weighted by molar-refractivity contribution is -0.143. The first-order valence-electron chi connectivity index (χ1n) is 13.0. The average Bonchev–Trinajstić information content (AvgIpc) is 2.81. The van der Waals surface area contributed by atoms with Crippen LogP contribution in [-0.2, 0) is 14.3 Å². The maximum Gasteiger partial charge on any atom is 0.408 e. The summed E-state index contributed by atoms with van der Waals surface area (Å²) in [4.78, 5) is 40.8. The Bertz CT molecular complexity index is 824. The van der Waals surface area contributed by atoms with Crippen LogP contribution in [0.15, 0.2) is 24.3 Å². The quantitative estimate of drug-likeness (QED) is 0.265. The molecule has 0 aliphatic rings. The summed E-state index contributed by atoms with van der Waals surface area (Å²) in [5.74, 6) is -1.17. The standard InChI is InChI=1S/C27H45N3O6/c1-6-8-10-11-14-18-30(25(34)21(19-31)29-26(35)36-27(3,4)5)23(24(33)28-17-9-7-2)20-15-12-13-16-22(20)32/h12-13,15-16,21,23,31-32H,6-11,14,17-19H2,1-5H3,(H,28,33)(H,29,35). The topological polar surface area (TPSA) is 128 Å². The summed E-state index contributed by atoms with van der Waals surface area (Å²) in [6.07, 6.45) is 5.40. The third-order valence-electron chi connectivity index (χ3n) is 5.58. The number of phenolic OH excluding ortho intramolecular Hbond substituents is 1. The van der Waals surface area contributed by atoms with Crippen LogP contribution in [0.5, 0.6) is 5.75 Å². The number of aliphatic hydroxyl groups is 1. The van der Waals surface area contributed by atoms with Gasteiger partial charge in [-0.25, -0.2) is 4.79 Å². The Hall–Kier alpha value is -2.81. The maximum atomic E-state index is 13.7. The van der Waals surface area contributed by atoms with E-state index in [1.54, 1.807) is 39.0 Å². The van der Waals surface area contributed by atoms with Gasteiger partial charge >= 0.3 is 6.09 Å². The number of nitrogens with zero attached hydrogens (tertiary/aromatic N) is 1. The van der Waals surface area contributed by atoms with E-state index < -0.39 is 42.2 Å². The van der Waals surface area contributed by atoms with Gasteiger partial charge < -0.3 is 30.5 Å². The third-order valence-corrected chi connectivity index (χ3v) is 5.58. The number of alkyl carbamates (subject to hydrolysis) is 1. The summed E-state index contributed by atoms with van der Waals surface area (Å²) >= 11 is 0. The molecule has 1 rings (SSSR count). The molecule has 4 N–H and O–H groups in total. The van der Waals surface area contributed by atoms with Crippen LogP contribution in [0.3, 0.4) is 0 Å². The summed E-state index contributed by atoms with van der Waals surface area (Å²) in [5, 5.41) is 25.9. The van der Waals surface area contributed by atoms with Gasteiger partial charge in [0.15, 0.2) is 0 Å². The second-order valence-electron chi connectivity index (χ2n) is 9.93. The number of carbonyl (C=O) groups is 3. The summed E-state index contributed by atoms with van der Waals surface area (Å²) < 4.78 is 5.25. The molecular weight excluding hydrogens is 462 g/mol. The summed E-state index contributed by atoms with van der Waals surface area (Å²) in [6, 6.07) is 3.96. The van der Waals surface area contributed by atoms with Gasteiger partial charge in [-0.05, 0) is 39.7 Å². The molecule has 0 aliphatic heterocycles. The van der Waals surface area contributed by atoms with Crippen LogP contribution >= 0.6 is 0 Å². The van der Waals surface area contributed by atoms with Crippen molar-refractivity contribution in [2.24, 2.45) is 0 Å². The zero-order valence-corrected chi connectivity index (χ0v) is 22.5. The average molecular weight is 508 g/mol. The number of aliphatic hydroxyl groups excluding tert-OH is 1. The maximum absolute atomic E-state index is 13.7. The lowest BCUT2D eigenvalue weighted by atomic mass is 10.0. The van der Waals surface area contributed by atoms with Gasteiger partial charge in [0.1, 0.15) is 23.4 Å². The molecule has 1 aromatic carbocycles. The molecule has 9 heteroatoms. The van der Waals surface area contributed by atoms with Gasteiger partial charge in [0, 0.05) is 18.7 Å². The monoisotopic (exact) mass is 507 g/mol. The fraction of sp³-hybridized carbons (Fsp3) is 0.667. The van der Waals surface area contributed by atoms with Crippen molar-refractivity contribution < 1.29 is 29.3 Å². The Morgan fingerprint density at radius 1 is 1.00 bits per heavy atom. The van der Waals surface area contributed by atoms with Crippen molar-refractivity contribution in [3.8, 4) is 5.75 Å². The number of amides is 3. The lowest BCUT2D eigenvalue weighted by Crippen LogP contribution is -2.54. The third kappa shape index (κ3) is 10.8. The zero-order valence-electron chi connectivity index (χ0n) is 22.5. The van der Waals surface area contributed by atoms with E-state index in [2.05, 4.69) is 17.6 Å². The highest BCUT2D eigenvalue weighted by Crippen LogP contribution is 2.30. The molecule has 1 aromatic rings. The van der Waals surface area contributed by atoms with Crippen molar-refractivity contribution in [3.05, 3.63) is 29.8 Å². The second kappa shape index (κ2) is 16.0. The number of unbranched alkanes of at least 4 members (excludes halogenated alkanes) is 5. The van der Waals surface area contributed by atoms with Gasteiger partial charge in [-0.15, -0.1) is 0 Å². The van der Waals surface area contributed by atoms with Crippen molar-refractivity contribution >= 4 is 17.9 Å². The van der Waals surface area contributed by atoms with Gasteiger partial charge in [0.2, 0.25) is 11.8 Å². The minimum Gasteiger partial charge on any atom is -0.508 e. The molecular formula is C27H45N3O6. The molecule has 0 heterocycles. The molecule has 0 spiro atoms. The van der Waals surface area contributed by atoms with Gasteiger partial charge in [-0.3, -0.25) is 9.59 Å². The number of aromatic hydroxyl groups is 1. The molecule has 2 unspecified atom stereocenters. The van der Waals surface area contributed by atoms with E-state index in [1.165, 1.54) is 11.0 Å². The van der Waals surface area contributed by atoms with E-state index >= 15 is 0 Å². The Balaban J connectivity index is 3.32. The Labute approximate surface area is 215 Å². The van der Waals surface area contributed by atoms with Crippen LogP contribution in [-0.4, -0.2) is 64.4 Å². The number of hydrogen-bond acceptors (Lipinski definition) is 6. The van der Waals surface area contributed by atoms with Crippen molar-refractivity contribution in [3.63, 3.8) is 0 Å². The van der Waals surface area contributed by atoms with E-state index in [1.807, 2.05) is 6.92 Å². The first-order valence-corrected chi connectivity index (χ1v) is 13.0. The molecule has 2 atom stereocenters. The highest BCUT2D eigenvalue weighted by molar-refractivity contribution is 5.92. The van der Waals surface area contributed by atoms with E-state index in [9.17, 15) is 24.6 Å². The van der Waals surface area contributed by atoms with Gasteiger partial charge in [0.05, 0.1) is 6.61 Å². The van der Waals surface area contributed by atoms with Crippen molar-refractivity contribution in [1.82, 2.24) is 15.5 Å². The smallest absolute Gasteiger partial charge is 0.408 e. The normalized spacial score (nSPS) is 12.9. The number of para-hydroxylation sites is 1. The number of phenols is 1. The van der Waals surface area contributed by atoms with E-state index in [0.29, 0.717) is 13.0 Å². The second-order valence-corrected chi connectivity index (χ2v) is 9.93. The van der Waals surface area contributed by atoms with Crippen LogP contribution in [0.4, 0.5) is 4.79 Å². The molecule has 36 heavy (non-hydrogen) atoms. The first kappa shape index (κ1) is 31.2.